The van der Waals surface area contributed by atoms with Crippen LogP contribution in [0.4, 0.5) is 0 Å². The second-order valence-corrected chi connectivity index (χ2v) is 6.10. The van der Waals surface area contributed by atoms with Crippen molar-refractivity contribution in [1.82, 2.24) is 9.97 Å². The molecule has 4 aromatic rings. The summed E-state index contributed by atoms with van der Waals surface area (Å²) in [6.07, 6.45) is 1.76. The number of thiazole rings is 1. The number of aryl methyl sites for hydroxylation is 1. The van der Waals surface area contributed by atoms with Crippen molar-refractivity contribution in [2.45, 2.75) is 6.92 Å². The zero-order valence-corrected chi connectivity index (χ0v) is 12.2. The summed E-state index contributed by atoms with van der Waals surface area (Å²) in [4.78, 5) is 20.5. The minimum Gasteiger partial charge on any atom is -0.360 e. The number of nitrogens with zero attached hydrogens (tertiary/aromatic N) is 1. The number of hydrogen-bond acceptors (Lipinski definition) is 3. The van der Waals surface area contributed by atoms with Gasteiger partial charge in [-0.3, -0.25) is 4.79 Å². The molecule has 102 valence electrons. The van der Waals surface area contributed by atoms with E-state index in [-0.39, 0.29) is 5.43 Å². The van der Waals surface area contributed by atoms with E-state index in [0.717, 1.165) is 26.3 Å². The van der Waals surface area contributed by atoms with Crippen LogP contribution in [0.5, 0.6) is 0 Å². The van der Waals surface area contributed by atoms with E-state index < -0.39 is 0 Å². The van der Waals surface area contributed by atoms with Crippen molar-refractivity contribution < 1.29 is 0 Å². The maximum Gasteiger partial charge on any atom is 0.199 e. The lowest BCUT2D eigenvalue weighted by Gasteiger charge is -2.01. The van der Waals surface area contributed by atoms with Crippen LogP contribution in [-0.2, 0) is 0 Å². The Morgan fingerprint density at radius 1 is 1.14 bits per heavy atom. The van der Waals surface area contributed by atoms with Gasteiger partial charge in [-0.05, 0) is 31.2 Å². The summed E-state index contributed by atoms with van der Waals surface area (Å²) in [7, 11) is 0. The van der Waals surface area contributed by atoms with Crippen molar-refractivity contribution in [2.24, 2.45) is 0 Å². The number of pyridine rings is 1. The molecule has 21 heavy (non-hydrogen) atoms. The van der Waals surface area contributed by atoms with Gasteiger partial charge in [-0.25, -0.2) is 4.98 Å². The van der Waals surface area contributed by atoms with Gasteiger partial charge >= 0.3 is 0 Å². The molecule has 2 heterocycles. The van der Waals surface area contributed by atoms with Crippen LogP contribution in [0, 0.1) is 6.92 Å². The molecule has 2 aromatic carbocycles. The fourth-order valence-corrected chi connectivity index (χ4v) is 3.46. The lowest BCUT2D eigenvalue weighted by atomic mass is 10.1. The van der Waals surface area contributed by atoms with Crippen LogP contribution in [0.1, 0.15) is 5.56 Å². The molecule has 0 atom stereocenters. The largest absolute Gasteiger partial charge is 0.360 e. The second kappa shape index (κ2) is 4.53. The Bertz CT molecular complexity index is 997. The SMILES string of the molecule is Cc1ccc2[nH]cc(-c3nc4ccccc4s3)c(=O)c2c1. The maximum atomic E-state index is 12.7. The van der Waals surface area contributed by atoms with E-state index in [0.29, 0.717) is 10.9 Å². The number of para-hydroxylation sites is 1. The first-order valence-electron chi connectivity index (χ1n) is 6.70. The van der Waals surface area contributed by atoms with Crippen LogP contribution in [0.25, 0.3) is 31.7 Å². The molecule has 3 nitrogen and oxygen atoms in total. The summed E-state index contributed by atoms with van der Waals surface area (Å²) in [5.74, 6) is 0. The molecule has 0 saturated carbocycles. The topological polar surface area (TPSA) is 45.8 Å². The molecular formula is C17H12N2OS. The second-order valence-electron chi connectivity index (χ2n) is 5.07. The molecular weight excluding hydrogens is 280 g/mol. The van der Waals surface area contributed by atoms with Gasteiger partial charge in [0.25, 0.3) is 0 Å². The van der Waals surface area contributed by atoms with Gasteiger partial charge in [0.2, 0.25) is 0 Å². The summed E-state index contributed by atoms with van der Waals surface area (Å²) >= 11 is 1.55. The smallest absolute Gasteiger partial charge is 0.199 e. The molecule has 0 amide bonds. The van der Waals surface area contributed by atoms with E-state index >= 15 is 0 Å². The van der Waals surface area contributed by atoms with Gasteiger partial charge in [-0.15, -0.1) is 11.3 Å². The van der Waals surface area contributed by atoms with Crippen molar-refractivity contribution in [1.29, 1.82) is 0 Å². The van der Waals surface area contributed by atoms with Crippen molar-refractivity contribution in [3.8, 4) is 10.6 Å². The maximum absolute atomic E-state index is 12.7. The lowest BCUT2D eigenvalue weighted by Crippen LogP contribution is -2.06. The monoisotopic (exact) mass is 292 g/mol. The van der Waals surface area contributed by atoms with Crippen molar-refractivity contribution in [3.05, 3.63) is 64.4 Å². The van der Waals surface area contributed by atoms with Crippen LogP contribution >= 0.6 is 11.3 Å². The van der Waals surface area contributed by atoms with Gasteiger partial charge in [0.05, 0.1) is 15.8 Å². The lowest BCUT2D eigenvalue weighted by molar-refractivity contribution is 1.36. The molecule has 0 aliphatic heterocycles. The van der Waals surface area contributed by atoms with E-state index in [1.165, 1.54) is 0 Å². The molecule has 0 aliphatic rings. The Balaban J connectivity index is 2.01. The molecule has 4 rings (SSSR count). The fraction of sp³-hybridized carbons (Fsp3) is 0.0588. The predicted molar refractivity (Wildman–Crippen MR) is 87.9 cm³/mol. The third-order valence-electron chi connectivity index (χ3n) is 3.56. The van der Waals surface area contributed by atoms with Crippen LogP contribution in [0.15, 0.2) is 53.5 Å². The summed E-state index contributed by atoms with van der Waals surface area (Å²) in [6.45, 7) is 1.99. The summed E-state index contributed by atoms with van der Waals surface area (Å²) in [5, 5.41) is 1.48. The third kappa shape index (κ3) is 1.96. The average molecular weight is 292 g/mol. The Kier molecular flexibility index (Phi) is 2.65. The van der Waals surface area contributed by atoms with Gasteiger partial charge in [0.1, 0.15) is 5.01 Å². The molecule has 1 N–H and O–H groups in total. The quantitative estimate of drug-likeness (QED) is 0.574. The first-order chi connectivity index (χ1) is 10.2. The summed E-state index contributed by atoms with van der Waals surface area (Å²) in [5.41, 5.74) is 3.53. The number of aromatic nitrogens is 2. The van der Waals surface area contributed by atoms with Crippen LogP contribution in [0.3, 0.4) is 0 Å². The molecule has 0 bridgehead atoms. The number of H-pyrrole nitrogens is 1. The molecule has 0 radical (unpaired) electrons. The minimum atomic E-state index is 0.0338. The van der Waals surface area contributed by atoms with E-state index in [4.69, 9.17) is 0 Å². The van der Waals surface area contributed by atoms with Gasteiger partial charge < -0.3 is 4.98 Å². The highest BCUT2D eigenvalue weighted by molar-refractivity contribution is 7.21. The molecule has 0 spiro atoms. The molecule has 2 aromatic heterocycles. The first kappa shape index (κ1) is 12.3. The van der Waals surface area contributed by atoms with Crippen molar-refractivity contribution in [3.63, 3.8) is 0 Å². The Morgan fingerprint density at radius 2 is 2.00 bits per heavy atom. The number of benzene rings is 2. The van der Waals surface area contributed by atoms with Crippen molar-refractivity contribution in [2.75, 3.05) is 0 Å². The van der Waals surface area contributed by atoms with Crippen LogP contribution < -0.4 is 5.43 Å². The number of aromatic amines is 1. The highest BCUT2D eigenvalue weighted by Crippen LogP contribution is 2.28. The number of hydrogen-bond donors (Lipinski definition) is 1. The van der Waals surface area contributed by atoms with Crippen LogP contribution in [0.2, 0.25) is 0 Å². The van der Waals surface area contributed by atoms with E-state index in [9.17, 15) is 4.79 Å². The fourth-order valence-electron chi connectivity index (χ4n) is 2.48. The summed E-state index contributed by atoms with van der Waals surface area (Å²) in [6, 6.07) is 13.8. The van der Waals surface area contributed by atoms with E-state index in [1.807, 2.05) is 49.4 Å². The number of nitrogens with one attached hydrogen (secondary N) is 1. The molecule has 0 unspecified atom stereocenters. The zero-order chi connectivity index (χ0) is 14.4. The predicted octanol–water partition coefficient (Wildman–Crippen LogP) is 4.11. The van der Waals surface area contributed by atoms with Crippen molar-refractivity contribution >= 4 is 32.5 Å². The zero-order valence-electron chi connectivity index (χ0n) is 11.4. The van der Waals surface area contributed by atoms with Gasteiger partial charge in [-0.2, -0.15) is 0 Å². The van der Waals surface area contributed by atoms with Gasteiger partial charge in [-0.1, -0.05) is 23.8 Å². The highest BCUT2D eigenvalue weighted by Gasteiger charge is 2.11. The Labute approximate surface area is 124 Å². The minimum absolute atomic E-state index is 0.0338. The highest BCUT2D eigenvalue weighted by atomic mass is 32.1. The molecule has 4 heteroatoms. The van der Waals surface area contributed by atoms with E-state index in [1.54, 1.807) is 17.5 Å². The van der Waals surface area contributed by atoms with Crippen LogP contribution in [-0.4, -0.2) is 9.97 Å². The normalized spacial score (nSPS) is 11.3. The summed E-state index contributed by atoms with van der Waals surface area (Å²) < 4.78 is 1.09. The Morgan fingerprint density at radius 3 is 2.86 bits per heavy atom. The average Bonchev–Trinajstić information content (AvgIpc) is 2.92. The third-order valence-corrected chi connectivity index (χ3v) is 4.63. The Hall–Kier alpha value is -2.46. The standard InChI is InChI=1S/C17H12N2OS/c1-10-6-7-13-11(8-10)16(20)12(9-18-13)17-19-14-4-2-3-5-15(14)21-17/h2-9H,1H3,(H,18,20). The molecule has 0 aliphatic carbocycles. The molecule has 0 saturated heterocycles. The number of rotatable bonds is 1. The van der Waals surface area contributed by atoms with Gasteiger partial charge in [0.15, 0.2) is 5.43 Å². The first-order valence-corrected chi connectivity index (χ1v) is 7.52. The van der Waals surface area contributed by atoms with Gasteiger partial charge in [0, 0.05) is 17.1 Å². The van der Waals surface area contributed by atoms with E-state index in [2.05, 4.69) is 9.97 Å². The molecule has 0 fully saturated rings. The number of fused-ring (bicyclic) bond motifs is 2.